The number of nitrogens with zero attached hydrogens (tertiary/aromatic N) is 4. The molecule has 5 heterocycles. The fourth-order valence-corrected chi connectivity index (χ4v) is 5.72. The van der Waals surface area contributed by atoms with Gasteiger partial charge in [-0.05, 0) is 43.2 Å². The molecule has 2 saturated heterocycles. The van der Waals surface area contributed by atoms with Gasteiger partial charge in [0.15, 0.2) is 0 Å². The monoisotopic (exact) mass is 621 g/mol. The van der Waals surface area contributed by atoms with Gasteiger partial charge >= 0.3 is 5.51 Å². The summed E-state index contributed by atoms with van der Waals surface area (Å²) >= 11 is -0.297. The summed E-state index contributed by atoms with van der Waals surface area (Å²) in [6.07, 6.45) is 0.726. The average molecular weight is 622 g/mol. The molecule has 0 bridgehead atoms. The van der Waals surface area contributed by atoms with Crippen molar-refractivity contribution in [1.29, 1.82) is 0 Å². The summed E-state index contributed by atoms with van der Waals surface area (Å²) in [7, 11) is 2.91. The highest BCUT2D eigenvalue weighted by molar-refractivity contribution is 8.00. The van der Waals surface area contributed by atoms with Gasteiger partial charge in [0, 0.05) is 26.2 Å². The first-order valence-electron chi connectivity index (χ1n) is 13.5. The molecule has 2 atom stereocenters. The van der Waals surface area contributed by atoms with Crippen molar-refractivity contribution in [3.05, 3.63) is 41.9 Å². The number of hydrogen-bond donors (Lipinski definition) is 3. The van der Waals surface area contributed by atoms with Crippen molar-refractivity contribution in [2.45, 2.75) is 41.5 Å². The van der Waals surface area contributed by atoms with Crippen LogP contribution in [0.1, 0.15) is 29.5 Å². The van der Waals surface area contributed by atoms with E-state index in [1.54, 1.807) is 12.1 Å². The number of fused-ring (bicyclic) bond motifs is 1. The van der Waals surface area contributed by atoms with Gasteiger partial charge in [0.05, 0.1) is 60.7 Å². The molecular formula is C28H31F4N7O3S. The number of likely N-dealkylation sites (tertiary alicyclic amines) is 1. The van der Waals surface area contributed by atoms with Crippen molar-refractivity contribution in [3.63, 3.8) is 0 Å². The summed E-state index contributed by atoms with van der Waals surface area (Å²) in [5, 5.41) is 13.0. The number of piperidine rings is 1. The van der Waals surface area contributed by atoms with E-state index >= 15 is 4.39 Å². The Labute approximate surface area is 249 Å². The lowest BCUT2D eigenvalue weighted by Crippen LogP contribution is -2.64. The van der Waals surface area contributed by atoms with Crippen LogP contribution in [0.15, 0.2) is 35.4 Å². The standard InChI is InChI=1S/C28H31F4N7O3S/c1-27(15-42-16-27)38-11-9-18(17(29)14-38)36-24-8-4-7-22-25(43-28(30,31)32)19(37-39(22)24)6-5-10-34-21-13-35-20(26(40)33-2)12-23(21)41-3/h4,7-8,12-13,17-18,34,36H,9-11,14-16H2,1-3H3,(H,33,40)/t17-,18+/m0/s1. The van der Waals surface area contributed by atoms with E-state index in [9.17, 15) is 18.0 Å². The van der Waals surface area contributed by atoms with Crippen LogP contribution < -0.4 is 20.7 Å². The maximum atomic E-state index is 15.3. The second kappa shape index (κ2) is 12.5. The average Bonchev–Trinajstić information content (AvgIpc) is 3.31. The Bertz CT molecular complexity index is 1550. The number of hydrogen-bond acceptors (Lipinski definition) is 9. The van der Waals surface area contributed by atoms with Gasteiger partial charge in [-0.2, -0.15) is 18.3 Å². The number of halogens is 4. The van der Waals surface area contributed by atoms with Crippen LogP contribution in [0.25, 0.3) is 5.52 Å². The Kier molecular flexibility index (Phi) is 8.91. The number of amides is 1. The molecule has 0 aliphatic carbocycles. The number of aromatic nitrogens is 3. The van der Waals surface area contributed by atoms with Gasteiger partial charge < -0.3 is 25.4 Å². The fourth-order valence-electron chi connectivity index (χ4n) is 5.04. The van der Waals surface area contributed by atoms with E-state index in [0.717, 1.165) is 0 Å². The molecule has 0 aromatic carbocycles. The van der Waals surface area contributed by atoms with Crippen LogP contribution >= 0.6 is 11.8 Å². The van der Waals surface area contributed by atoms with Gasteiger partial charge in [-0.3, -0.25) is 9.69 Å². The number of carbonyl (C=O) groups excluding carboxylic acids is 1. The summed E-state index contributed by atoms with van der Waals surface area (Å²) in [6, 6.07) is 5.70. The van der Waals surface area contributed by atoms with Crippen LogP contribution in [0, 0.1) is 11.8 Å². The molecule has 230 valence electrons. The second-order valence-corrected chi connectivity index (χ2v) is 11.5. The molecule has 2 fully saturated rings. The minimum absolute atomic E-state index is 0.0263. The minimum atomic E-state index is -4.58. The first-order valence-corrected chi connectivity index (χ1v) is 14.3. The SMILES string of the molecule is CNC(=O)c1cc(OC)c(NCC#Cc2nn3c(N[C@@H]4CCN(C5(C)COC5)C[C@@H]4F)cccc3c2SC(F)(F)F)cn1. The van der Waals surface area contributed by atoms with Gasteiger partial charge in [0.1, 0.15) is 29.1 Å². The number of ether oxygens (including phenoxy) is 2. The molecule has 0 saturated carbocycles. The topological polar surface area (TPSA) is 105 Å². The highest BCUT2D eigenvalue weighted by atomic mass is 32.2. The van der Waals surface area contributed by atoms with Gasteiger partial charge in [-0.15, -0.1) is 0 Å². The number of nitrogens with one attached hydrogen (secondary N) is 3. The van der Waals surface area contributed by atoms with Gasteiger partial charge in [0.25, 0.3) is 5.91 Å². The molecule has 0 spiro atoms. The maximum Gasteiger partial charge on any atom is 0.446 e. The number of rotatable bonds is 8. The number of alkyl halides is 4. The van der Waals surface area contributed by atoms with Crippen LogP contribution in [-0.4, -0.2) is 95.7 Å². The normalized spacial score (nSPS) is 20.1. The number of thioether (sulfide) groups is 1. The highest BCUT2D eigenvalue weighted by Crippen LogP contribution is 2.41. The van der Waals surface area contributed by atoms with Crippen molar-refractivity contribution < 1.29 is 31.8 Å². The van der Waals surface area contributed by atoms with E-state index in [1.807, 2.05) is 0 Å². The predicted molar refractivity (Wildman–Crippen MR) is 154 cm³/mol. The van der Waals surface area contributed by atoms with Gasteiger partial charge in [-0.1, -0.05) is 12.0 Å². The van der Waals surface area contributed by atoms with Crippen molar-refractivity contribution in [2.24, 2.45) is 0 Å². The molecule has 3 aromatic heterocycles. The second-order valence-electron chi connectivity index (χ2n) is 10.4. The molecule has 2 aliphatic heterocycles. The molecule has 10 nitrogen and oxygen atoms in total. The van der Waals surface area contributed by atoms with E-state index in [1.165, 1.54) is 37.0 Å². The van der Waals surface area contributed by atoms with E-state index in [4.69, 9.17) is 9.47 Å². The largest absolute Gasteiger partial charge is 0.494 e. The zero-order valence-electron chi connectivity index (χ0n) is 23.7. The van der Waals surface area contributed by atoms with Crippen molar-refractivity contribution in [1.82, 2.24) is 24.8 Å². The number of anilines is 2. The van der Waals surface area contributed by atoms with Crippen molar-refractivity contribution >= 4 is 34.7 Å². The highest BCUT2D eigenvalue weighted by Gasteiger charge is 2.43. The maximum absolute atomic E-state index is 15.3. The van der Waals surface area contributed by atoms with E-state index in [2.05, 4.69) is 49.7 Å². The predicted octanol–water partition coefficient (Wildman–Crippen LogP) is 3.79. The Balaban J connectivity index is 1.35. The smallest absolute Gasteiger partial charge is 0.446 e. The van der Waals surface area contributed by atoms with E-state index in [-0.39, 0.29) is 58.1 Å². The number of carbonyl (C=O) groups is 1. The summed E-state index contributed by atoms with van der Waals surface area (Å²) < 4.78 is 67.9. The zero-order valence-corrected chi connectivity index (χ0v) is 24.5. The first kappa shape index (κ1) is 30.7. The Morgan fingerprint density at radius 3 is 2.77 bits per heavy atom. The van der Waals surface area contributed by atoms with Crippen LogP contribution in [-0.2, 0) is 4.74 Å². The molecule has 3 N–H and O–H groups in total. The van der Waals surface area contributed by atoms with E-state index in [0.29, 0.717) is 43.4 Å². The third-order valence-corrected chi connectivity index (χ3v) is 8.25. The molecule has 43 heavy (non-hydrogen) atoms. The molecule has 3 aromatic rings. The summed E-state index contributed by atoms with van der Waals surface area (Å²) in [6.45, 7) is 4.12. The third kappa shape index (κ3) is 6.76. The van der Waals surface area contributed by atoms with Crippen LogP contribution in [0.3, 0.4) is 0 Å². The van der Waals surface area contributed by atoms with Gasteiger partial charge in [-0.25, -0.2) is 13.9 Å². The molecule has 0 radical (unpaired) electrons. The van der Waals surface area contributed by atoms with E-state index < -0.39 is 17.7 Å². The lowest BCUT2D eigenvalue weighted by molar-refractivity contribution is -0.142. The summed E-state index contributed by atoms with van der Waals surface area (Å²) in [5.74, 6) is 5.87. The first-order chi connectivity index (χ1) is 20.5. The molecule has 2 aliphatic rings. The fraction of sp³-hybridized carbons (Fsp3) is 0.464. The molecule has 15 heteroatoms. The minimum Gasteiger partial charge on any atom is -0.494 e. The van der Waals surface area contributed by atoms with Gasteiger partial charge in [0.2, 0.25) is 0 Å². The van der Waals surface area contributed by atoms with Crippen LogP contribution in [0.5, 0.6) is 5.75 Å². The Hall–Kier alpha value is -3.74. The Morgan fingerprint density at radius 2 is 2.12 bits per heavy atom. The zero-order chi connectivity index (χ0) is 30.8. The molecule has 1 amide bonds. The number of methoxy groups -OCH3 is 1. The Morgan fingerprint density at radius 1 is 1.33 bits per heavy atom. The van der Waals surface area contributed by atoms with Crippen LogP contribution in [0.4, 0.5) is 29.1 Å². The van der Waals surface area contributed by atoms with Crippen molar-refractivity contribution in [2.75, 3.05) is 57.6 Å². The lowest BCUT2D eigenvalue weighted by atomic mass is 9.92. The molecular weight excluding hydrogens is 590 g/mol. The lowest BCUT2D eigenvalue weighted by Gasteiger charge is -2.50. The number of pyridine rings is 2. The third-order valence-electron chi connectivity index (χ3n) is 7.41. The van der Waals surface area contributed by atoms with Crippen molar-refractivity contribution in [3.8, 4) is 17.6 Å². The summed E-state index contributed by atoms with van der Waals surface area (Å²) in [4.78, 5) is 17.9. The molecule has 0 unspecified atom stereocenters. The van der Waals surface area contributed by atoms with Crippen LogP contribution in [0.2, 0.25) is 0 Å². The quantitative estimate of drug-likeness (QED) is 0.197. The summed E-state index contributed by atoms with van der Waals surface area (Å²) in [5.41, 5.74) is -4.01. The molecule has 5 rings (SSSR count).